The normalized spacial score (nSPS) is 11.1. The van der Waals surface area contributed by atoms with Crippen LogP contribution in [0.1, 0.15) is 36.1 Å². The van der Waals surface area contributed by atoms with Crippen molar-refractivity contribution in [1.29, 1.82) is 0 Å². The summed E-state index contributed by atoms with van der Waals surface area (Å²) in [6.07, 6.45) is 0. The second-order valence-electron chi connectivity index (χ2n) is 7.22. The fourth-order valence-corrected chi connectivity index (χ4v) is 3.63. The molecule has 27 heavy (non-hydrogen) atoms. The summed E-state index contributed by atoms with van der Waals surface area (Å²) in [5, 5.41) is 0. The first-order chi connectivity index (χ1) is 12.8. The van der Waals surface area contributed by atoms with Crippen molar-refractivity contribution in [3.05, 3.63) is 71.8 Å². The van der Waals surface area contributed by atoms with Gasteiger partial charge in [0.05, 0.1) is 0 Å². The van der Waals surface area contributed by atoms with Crippen molar-refractivity contribution in [1.82, 2.24) is 9.47 Å². The van der Waals surface area contributed by atoms with Gasteiger partial charge in [-0.25, -0.2) is 4.39 Å². The van der Waals surface area contributed by atoms with Crippen molar-refractivity contribution in [2.45, 2.75) is 26.8 Å². The summed E-state index contributed by atoms with van der Waals surface area (Å²) in [4.78, 5) is 14.8. The highest BCUT2D eigenvalue weighted by molar-refractivity contribution is 6.05. The minimum absolute atomic E-state index is 0.0426. The number of rotatable bonds is 4. The van der Waals surface area contributed by atoms with E-state index in [1.807, 2.05) is 37.3 Å². The van der Waals surface area contributed by atoms with Crippen molar-refractivity contribution in [2.75, 3.05) is 14.1 Å². The molecule has 0 radical (unpaired) electrons. The van der Waals surface area contributed by atoms with Crippen molar-refractivity contribution in [2.24, 2.45) is 0 Å². The topological polar surface area (TPSA) is 25.2 Å². The fourth-order valence-electron chi connectivity index (χ4n) is 3.63. The van der Waals surface area contributed by atoms with Crippen molar-refractivity contribution < 1.29 is 9.18 Å². The third kappa shape index (κ3) is 3.39. The molecule has 1 aromatic heterocycles. The molecule has 2 aromatic carbocycles. The number of aromatic nitrogens is 1. The Morgan fingerprint density at radius 1 is 0.926 bits per heavy atom. The molecule has 0 fully saturated rings. The molecule has 0 saturated carbocycles. The first-order valence-electron chi connectivity index (χ1n) is 9.10. The second kappa shape index (κ2) is 7.39. The maximum Gasteiger partial charge on any atom is 0.270 e. The number of hydrogen-bond donors (Lipinski definition) is 0. The largest absolute Gasteiger partial charge is 0.343 e. The van der Waals surface area contributed by atoms with Gasteiger partial charge in [0.2, 0.25) is 0 Å². The van der Waals surface area contributed by atoms with E-state index in [0.717, 1.165) is 27.9 Å². The van der Waals surface area contributed by atoms with Gasteiger partial charge in [0.25, 0.3) is 5.91 Å². The maximum absolute atomic E-state index is 13.5. The van der Waals surface area contributed by atoms with Crippen molar-refractivity contribution >= 4 is 5.91 Å². The molecule has 140 valence electrons. The molecule has 0 atom stereocenters. The standard InChI is InChI=1S/C23H25FN2O/c1-15(2)26-16(3)20(18-11-13-19(24)14-12-18)21(17-9-7-6-8-10-17)22(26)23(27)25(4)5/h6-15H,1-5H3. The number of nitrogens with zero attached hydrogens (tertiary/aromatic N) is 2. The molecule has 4 heteroatoms. The predicted molar refractivity (Wildman–Crippen MR) is 108 cm³/mol. The average Bonchev–Trinajstić information content (AvgIpc) is 2.95. The van der Waals surface area contributed by atoms with Gasteiger partial charge in [0.15, 0.2) is 0 Å². The van der Waals surface area contributed by atoms with Crippen LogP contribution in [0.25, 0.3) is 22.3 Å². The first-order valence-corrected chi connectivity index (χ1v) is 9.10. The first kappa shape index (κ1) is 18.9. The number of benzene rings is 2. The molecule has 0 spiro atoms. The van der Waals surface area contributed by atoms with E-state index in [2.05, 4.69) is 18.4 Å². The predicted octanol–water partition coefficient (Wildman–Crippen LogP) is 5.55. The van der Waals surface area contributed by atoms with Gasteiger partial charge in [-0.3, -0.25) is 4.79 Å². The van der Waals surface area contributed by atoms with Crippen LogP contribution >= 0.6 is 0 Å². The van der Waals surface area contributed by atoms with Crippen molar-refractivity contribution in [3.8, 4) is 22.3 Å². The van der Waals surface area contributed by atoms with E-state index in [1.165, 1.54) is 12.1 Å². The van der Waals surface area contributed by atoms with Crippen LogP contribution in [0, 0.1) is 12.7 Å². The minimum Gasteiger partial charge on any atom is -0.343 e. The zero-order valence-corrected chi connectivity index (χ0v) is 16.5. The summed E-state index contributed by atoms with van der Waals surface area (Å²) in [6.45, 7) is 6.17. The summed E-state index contributed by atoms with van der Waals surface area (Å²) < 4.78 is 15.6. The summed E-state index contributed by atoms with van der Waals surface area (Å²) >= 11 is 0. The van der Waals surface area contributed by atoms with Gasteiger partial charge in [0, 0.05) is 37.0 Å². The Bertz CT molecular complexity index is 954. The Morgan fingerprint density at radius 3 is 2.00 bits per heavy atom. The van der Waals surface area contributed by atoms with Gasteiger partial charge in [-0.2, -0.15) is 0 Å². The van der Waals surface area contributed by atoms with Crippen LogP contribution < -0.4 is 0 Å². The molecule has 0 bridgehead atoms. The third-order valence-corrected chi connectivity index (χ3v) is 4.77. The molecular weight excluding hydrogens is 339 g/mol. The molecule has 1 amide bonds. The fraction of sp³-hybridized carbons (Fsp3) is 0.261. The number of hydrogen-bond acceptors (Lipinski definition) is 1. The lowest BCUT2D eigenvalue weighted by Crippen LogP contribution is -2.26. The van der Waals surface area contributed by atoms with Gasteiger partial charge >= 0.3 is 0 Å². The second-order valence-corrected chi connectivity index (χ2v) is 7.22. The molecule has 0 N–H and O–H groups in total. The van der Waals surface area contributed by atoms with Crippen LogP contribution in [0.15, 0.2) is 54.6 Å². The highest BCUT2D eigenvalue weighted by Gasteiger charge is 2.28. The van der Waals surface area contributed by atoms with Crippen LogP contribution in [0.3, 0.4) is 0 Å². The van der Waals surface area contributed by atoms with E-state index in [4.69, 9.17) is 0 Å². The van der Waals surface area contributed by atoms with E-state index in [1.54, 1.807) is 31.1 Å². The van der Waals surface area contributed by atoms with Crippen LogP contribution in [0.4, 0.5) is 4.39 Å². The zero-order chi connectivity index (χ0) is 19.7. The summed E-state index contributed by atoms with van der Waals surface area (Å²) in [5.74, 6) is -0.315. The van der Waals surface area contributed by atoms with E-state index >= 15 is 0 Å². The molecule has 3 nitrogen and oxygen atoms in total. The van der Waals surface area contributed by atoms with E-state index in [0.29, 0.717) is 5.69 Å². The molecular formula is C23H25FN2O. The highest BCUT2D eigenvalue weighted by Crippen LogP contribution is 2.41. The van der Waals surface area contributed by atoms with Gasteiger partial charge in [-0.05, 0) is 44.0 Å². The number of carbonyl (C=O) groups is 1. The van der Waals surface area contributed by atoms with Gasteiger partial charge in [-0.15, -0.1) is 0 Å². The Morgan fingerprint density at radius 2 is 1.48 bits per heavy atom. The van der Waals surface area contributed by atoms with Gasteiger partial charge < -0.3 is 9.47 Å². The lowest BCUT2D eigenvalue weighted by molar-refractivity contribution is 0.0816. The molecule has 1 heterocycles. The monoisotopic (exact) mass is 364 g/mol. The quantitative estimate of drug-likeness (QED) is 0.596. The Kier molecular flexibility index (Phi) is 5.17. The Hall–Kier alpha value is -2.88. The van der Waals surface area contributed by atoms with Crippen LogP contribution in [-0.4, -0.2) is 29.5 Å². The van der Waals surface area contributed by atoms with Crippen LogP contribution in [0.2, 0.25) is 0 Å². The molecule has 0 unspecified atom stereocenters. The van der Waals surface area contributed by atoms with Crippen LogP contribution in [0.5, 0.6) is 0 Å². The SMILES string of the molecule is Cc1c(-c2ccc(F)cc2)c(-c2ccccc2)c(C(=O)N(C)C)n1C(C)C. The lowest BCUT2D eigenvalue weighted by atomic mass is 9.94. The lowest BCUT2D eigenvalue weighted by Gasteiger charge is -2.19. The maximum atomic E-state index is 13.5. The Balaban J connectivity index is 2.44. The molecule has 3 aromatic rings. The Labute approximate surface area is 160 Å². The molecule has 3 rings (SSSR count). The summed E-state index contributed by atoms with van der Waals surface area (Å²) in [5.41, 5.74) is 5.41. The highest BCUT2D eigenvalue weighted by atomic mass is 19.1. The van der Waals surface area contributed by atoms with Gasteiger partial charge in [-0.1, -0.05) is 42.5 Å². The average molecular weight is 364 g/mol. The smallest absolute Gasteiger partial charge is 0.270 e. The van der Waals surface area contributed by atoms with Gasteiger partial charge in [0.1, 0.15) is 11.5 Å². The van der Waals surface area contributed by atoms with Crippen molar-refractivity contribution in [3.63, 3.8) is 0 Å². The van der Waals surface area contributed by atoms with E-state index < -0.39 is 0 Å². The number of amides is 1. The molecule has 0 saturated heterocycles. The van der Waals surface area contributed by atoms with E-state index in [9.17, 15) is 9.18 Å². The van der Waals surface area contributed by atoms with Crippen LogP contribution in [-0.2, 0) is 0 Å². The summed E-state index contributed by atoms with van der Waals surface area (Å²) in [6, 6.07) is 16.5. The summed E-state index contributed by atoms with van der Waals surface area (Å²) in [7, 11) is 3.53. The zero-order valence-electron chi connectivity index (χ0n) is 16.5. The molecule has 0 aliphatic rings. The molecule has 0 aliphatic heterocycles. The third-order valence-electron chi connectivity index (χ3n) is 4.77. The molecule has 0 aliphatic carbocycles. The number of halogens is 1. The minimum atomic E-state index is -0.273. The number of carbonyl (C=O) groups excluding carboxylic acids is 1. The van der Waals surface area contributed by atoms with E-state index in [-0.39, 0.29) is 17.8 Å².